The fraction of sp³-hybridized carbons (Fsp3) is 0.231. The van der Waals surface area contributed by atoms with E-state index in [0.29, 0.717) is 18.8 Å². The molecule has 1 heterocycles. The lowest BCUT2D eigenvalue weighted by atomic mass is 9.99. The highest BCUT2D eigenvalue weighted by Crippen LogP contribution is 2.34. The summed E-state index contributed by atoms with van der Waals surface area (Å²) < 4.78 is 0. The fourth-order valence-corrected chi connectivity index (χ4v) is 4.89. The molecule has 0 aromatic heterocycles. The molecule has 156 valence electrons. The molecule has 3 aromatic carbocycles. The van der Waals surface area contributed by atoms with E-state index in [1.54, 1.807) is 18.2 Å². The first-order chi connectivity index (χ1) is 15.0. The molecule has 0 fully saturated rings. The van der Waals surface area contributed by atoms with Crippen LogP contribution in [0.15, 0.2) is 60.7 Å². The van der Waals surface area contributed by atoms with E-state index in [1.165, 1.54) is 11.1 Å². The van der Waals surface area contributed by atoms with Crippen LogP contribution >= 0.6 is 0 Å². The van der Waals surface area contributed by atoms with Crippen molar-refractivity contribution in [3.05, 3.63) is 99.6 Å². The van der Waals surface area contributed by atoms with E-state index in [-0.39, 0.29) is 17.5 Å². The molecule has 31 heavy (non-hydrogen) atoms. The lowest BCUT2D eigenvalue weighted by Crippen LogP contribution is -2.36. The number of fused-ring (bicyclic) bond motifs is 2. The van der Waals surface area contributed by atoms with Crippen LogP contribution in [0, 0.1) is 6.92 Å². The number of carboxylic acid groups (broad SMARTS) is 1. The first-order valence-electron chi connectivity index (χ1n) is 10.6. The third-order valence-corrected chi connectivity index (χ3v) is 6.40. The number of anilines is 1. The Balaban J connectivity index is 1.40. The summed E-state index contributed by atoms with van der Waals surface area (Å²) in [6, 6.07) is 19.6. The van der Waals surface area contributed by atoms with Crippen LogP contribution in [0.2, 0.25) is 0 Å². The first kappa shape index (κ1) is 19.4. The number of hydrogen-bond acceptors (Lipinski definition) is 3. The maximum atomic E-state index is 13.3. The molecular weight excluding hydrogens is 388 g/mol. The average molecular weight is 412 g/mol. The molecule has 0 saturated heterocycles. The lowest BCUT2D eigenvalue weighted by Gasteiger charge is -2.23. The first-order valence-corrected chi connectivity index (χ1v) is 10.6. The number of benzene rings is 3. The van der Waals surface area contributed by atoms with Crippen LogP contribution in [-0.2, 0) is 25.9 Å². The van der Waals surface area contributed by atoms with E-state index in [1.807, 2.05) is 24.0 Å². The number of amides is 1. The van der Waals surface area contributed by atoms with E-state index in [9.17, 15) is 14.7 Å². The normalized spacial score (nSPS) is 15.1. The predicted octanol–water partition coefficient (Wildman–Crippen LogP) is 4.43. The number of carbonyl (C=O) groups excluding carboxylic acids is 1. The van der Waals surface area contributed by atoms with E-state index < -0.39 is 5.97 Å². The molecule has 5 heteroatoms. The number of nitrogens with one attached hydrogen (secondary N) is 1. The van der Waals surface area contributed by atoms with Crippen LogP contribution in [0.25, 0.3) is 0 Å². The van der Waals surface area contributed by atoms with Gasteiger partial charge in [-0.3, -0.25) is 4.79 Å². The van der Waals surface area contributed by atoms with Gasteiger partial charge in [-0.05, 0) is 65.8 Å². The molecule has 1 amide bonds. The number of carboxylic acids is 1. The van der Waals surface area contributed by atoms with E-state index >= 15 is 0 Å². The molecule has 0 bridgehead atoms. The monoisotopic (exact) mass is 412 g/mol. The lowest BCUT2D eigenvalue weighted by molar-refractivity contribution is 0.0692. The molecule has 1 aliphatic carbocycles. The van der Waals surface area contributed by atoms with Gasteiger partial charge in [-0.1, -0.05) is 42.5 Å². The average Bonchev–Trinajstić information content (AvgIpc) is 3.33. The van der Waals surface area contributed by atoms with Gasteiger partial charge in [0.2, 0.25) is 0 Å². The Hall–Kier alpha value is -3.60. The fourth-order valence-electron chi connectivity index (χ4n) is 4.89. The summed E-state index contributed by atoms with van der Waals surface area (Å²) in [5.41, 5.74) is 7.39. The van der Waals surface area contributed by atoms with E-state index in [2.05, 4.69) is 35.6 Å². The number of para-hydroxylation sites is 1. The predicted molar refractivity (Wildman–Crippen MR) is 119 cm³/mol. The second-order valence-corrected chi connectivity index (χ2v) is 8.42. The largest absolute Gasteiger partial charge is 0.478 e. The van der Waals surface area contributed by atoms with Gasteiger partial charge in [0.25, 0.3) is 5.91 Å². The van der Waals surface area contributed by atoms with E-state index in [4.69, 9.17) is 0 Å². The molecule has 0 spiro atoms. The van der Waals surface area contributed by atoms with Gasteiger partial charge in [-0.15, -0.1) is 0 Å². The Morgan fingerprint density at radius 1 is 1.06 bits per heavy atom. The quantitative estimate of drug-likeness (QED) is 0.651. The number of carbonyl (C=O) groups is 2. The van der Waals surface area contributed by atoms with Gasteiger partial charge in [0.05, 0.1) is 5.56 Å². The highest BCUT2D eigenvalue weighted by atomic mass is 16.4. The highest BCUT2D eigenvalue weighted by Gasteiger charge is 2.36. The van der Waals surface area contributed by atoms with Gasteiger partial charge in [-0.2, -0.15) is 0 Å². The van der Waals surface area contributed by atoms with Gasteiger partial charge in [0.15, 0.2) is 0 Å². The molecule has 0 radical (unpaired) electrons. The van der Waals surface area contributed by atoms with Crippen LogP contribution in [0.4, 0.5) is 5.69 Å². The van der Waals surface area contributed by atoms with Crippen LogP contribution in [0.1, 0.15) is 48.5 Å². The Bertz CT molecular complexity index is 1180. The van der Waals surface area contributed by atoms with Gasteiger partial charge in [-0.25, -0.2) is 4.79 Å². The van der Waals surface area contributed by atoms with Crippen molar-refractivity contribution in [2.45, 2.75) is 38.9 Å². The van der Waals surface area contributed by atoms with Crippen molar-refractivity contribution in [1.82, 2.24) is 4.90 Å². The van der Waals surface area contributed by atoms with Gasteiger partial charge in [0, 0.05) is 30.4 Å². The topological polar surface area (TPSA) is 69.6 Å². The zero-order valence-electron chi connectivity index (χ0n) is 17.4. The molecule has 5 rings (SSSR count). The van der Waals surface area contributed by atoms with Crippen molar-refractivity contribution >= 4 is 17.6 Å². The number of aryl methyl sites for hydroxylation is 1. The molecule has 5 nitrogen and oxygen atoms in total. The zero-order chi connectivity index (χ0) is 21.5. The van der Waals surface area contributed by atoms with Gasteiger partial charge in [0.1, 0.15) is 0 Å². The molecule has 0 unspecified atom stereocenters. The minimum Gasteiger partial charge on any atom is -0.478 e. The van der Waals surface area contributed by atoms with Crippen molar-refractivity contribution in [2.24, 2.45) is 0 Å². The SMILES string of the molecule is Cc1cc(CNc2ccccc2C(=O)O)c2c(c1)C(=O)N(C1Cc3ccccc3C1)C2. The molecule has 2 N–H and O–H groups in total. The Labute approximate surface area is 181 Å². The maximum absolute atomic E-state index is 13.3. The van der Waals surface area contributed by atoms with Gasteiger partial charge < -0.3 is 15.3 Å². The molecule has 3 aromatic rings. The number of hydrogen-bond donors (Lipinski definition) is 2. The van der Waals surface area contributed by atoms with Crippen molar-refractivity contribution in [1.29, 1.82) is 0 Å². The summed E-state index contributed by atoms with van der Waals surface area (Å²) in [5.74, 6) is -0.858. The van der Waals surface area contributed by atoms with Crippen LogP contribution in [-0.4, -0.2) is 27.9 Å². The Morgan fingerprint density at radius 3 is 2.45 bits per heavy atom. The summed E-state index contributed by atoms with van der Waals surface area (Å²) >= 11 is 0. The summed E-state index contributed by atoms with van der Waals surface area (Å²) in [6.07, 6.45) is 1.79. The number of rotatable bonds is 5. The summed E-state index contributed by atoms with van der Waals surface area (Å²) in [7, 11) is 0. The smallest absolute Gasteiger partial charge is 0.337 e. The molecule has 2 aliphatic rings. The van der Waals surface area contributed by atoms with E-state index in [0.717, 1.165) is 35.1 Å². The van der Waals surface area contributed by atoms with Crippen molar-refractivity contribution < 1.29 is 14.7 Å². The van der Waals surface area contributed by atoms with Crippen molar-refractivity contribution in [3.63, 3.8) is 0 Å². The number of nitrogens with zero attached hydrogens (tertiary/aromatic N) is 1. The molecule has 0 saturated carbocycles. The molecule has 0 atom stereocenters. The Morgan fingerprint density at radius 2 is 1.74 bits per heavy atom. The van der Waals surface area contributed by atoms with Crippen molar-refractivity contribution in [3.8, 4) is 0 Å². The maximum Gasteiger partial charge on any atom is 0.337 e. The minimum absolute atomic E-state index is 0.101. The van der Waals surface area contributed by atoms with Gasteiger partial charge >= 0.3 is 5.97 Å². The van der Waals surface area contributed by atoms with Crippen LogP contribution < -0.4 is 5.32 Å². The third kappa shape index (κ3) is 3.46. The van der Waals surface area contributed by atoms with Crippen molar-refractivity contribution in [2.75, 3.05) is 5.32 Å². The van der Waals surface area contributed by atoms with Crippen LogP contribution in [0.3, 0.4) is 0 Å². The minimum atomic E-state index is -0.959. The zero-order valence-corrected chi connectivity index (χ0v) is 17.4. The second-order valence-electron chi connectivity index (χ2n) is 8.42. The summed E-state index contributed by atoms with van der Waals surface area (Å²) in [6.45, 7) is 3.07. The highest BCUT2D eigenvalue weighted by molar-refractivity contribution is 5.99. The number of aromatic carboxylic acids is 1. The molecular formula is C26H24N2O3. The second kappa shape index (κ2) is 7.58. The summed E-state index contributed by atoms with van der Waals surface area (Å²) in [4.78, 5) is 26.8. The Kier molecular flexibility index (Phi) is 4.74. The summed E-state index contributed by atoms with van der Waals surface area (Å²) in [5, 5.41) is 12.7. The molecule has 1 aliphatic heterocycles. The van der Waals surface area contributed by atoms with Crippen LogP contribution in [0.5, 0.6) is 0 Å². The standard InChI is InChI=1S/C26H24N2O3/c1-16-10-19(14-27-24-9-5-4-8-21(24)26(30)31)23-15-28(25(29)22(23)11-16)20-12-17-6-2-3-7-18(17)13-20/h2-11,20,27H,12-15H2,1H3,(H,30,31). The third-order valence-electron chi connectivity index (χ3n) is 6.40.